The molecule has 2 rings (SSSR count). The normalized spacial score (nSPS) is 10.4. The molecule has 2 aromatic rings. The second-order valence-electron chi connectivity index (χ2n) is 4.93. The van der Waals surface area contributed by atoms with Gasteiger partial charge in [-0.25, -0.2) is 0 Å². The Kier molecular flexibility index (Phi) is 4.95. The van der Waals surface area contributed by atoms with Gasteiger partial charge in [0.15, 0.2) is 0 Å². The molecule has 0 unspecified atom stereocenters. The predicted octanol–water partition coefficient (Wildman–Crippen LogP) is 3.02. The first kappa shape index (κ1) is 15.1. The van der Waals surface area contributed by atoms with Gasteiger partial charge in [0.25, 0.3) is 5.91 Å². The summed E-state index contributed by atoms with van der Waals surface area (Å²) in [6, 6.07) is 13.0. The number of methoxy groups -OCH3 is 1. The van der Waals surface area contributed by atoms with Gasteiger partial charge in [0.2, 0.25) is 0 Å². The summed E-state index contributed by atoms with van der Waals surface area (Å²) in [4.78, 5) is 12.3. The van der Waals surface area contributed by atoms with Crippen molar-refractivity contribution in [2.75, 3.05) is 24.8 Å². The lowest BCUT2D eigenvalue weighted by Crippen LogP contribution is -2.14. The van der Waals surface area contributed by atoms with E-state index in [1.807, 2.05) is 31.2 Å². The largest absolute Gasteiger partial charge is 0.399 e. The Bertz CT molecular complexity index is 638. The van der Waals surface area contributed by atoms with Crippen LogP contribution >= 0.6 is 0 Å². The number of carbonyl (C=O) groups excluding carboxylic acids is 1. The molecule has 21 heavy (non-hydrogen) atoms. The number of nitrogen functional groups attached to an aromatic ring is 1. The zero-order valence-corrected chi connectivity index (χ0v) is 12.3. The molecule has 2 aromatic carbocycles. The van der Waals surface area contributed by atoms with Crippen LogP contribution in [0.4, 0.5) is 11.4 Å². The molecule has 110 valence electrons. The van der Waals surface area contributed by atoms with Gasteiger partial charge < -0.3 is 15.8 Å². The third-order valence-corrected chi connectivity index (χ3v) is 3.37. The summed E-state index contributed by atoms with van der Waals surface area (Å²) in [6.45, 7) is 2.51. The van der Waals surface area contributed by atoms with Crippen molar-refractivity contribution in [1.29, 1.82) is 0 Å². The molecule has 0 saturated carbocycles. The number of carbonyl (C=O) groups is 1. The van der Waals surface area contributed by atoms with Crippen LogP contribution in [0.3, 0.4) is 0 Å². The molecule has 0 spiro atoms. The first-order valence-electron chi connectivity index (χ1n) is 6.86. The van der Waals surface area contributed by atoms with Crippen molar-refractivity contribution in [2.24, 2.45) is 0 Å². The van der Waals surface area contributed by atoms with Crippen molar-refractivity contribution in [1.82, 2.24) is 0 Å². The van der Waals surface area contributed by atoms with E-state index in [0.717, 1.165) is 23.2 Å². The first-order valence-corrected chi connectivity index (χ1v) is 6.86. The van der Waals surface area contributed by atoms with Crippen molar-refractivity contribution < 1.29 is 9.53 Å². The molecular formula is C17H20N2O2. The second-order valence-corrected chi connectivity index (χ2v) is 4.93. The molecule has 0 aliphatic heterocycles. The van der Waals surface area contributed by atoms with Crippen molar-refractivity contribution in [3.63, 3.8) is 0 Å². The number of hydrogen-bond donors (Lipinski definition) is 2. The van der Waals surface area contributed by atoms with E-state index in [1.165, 1.54) is 0 Å². The van der Waals surface area contributed by atoms with Crippen LogP contribution in [0.5, 0.6) is 0 Å². The van der Waals surface area contributed by atoms with E-state index in [9.17, 15) is 4.79 Å². The van der Waals surface area contributed by atoms with Crippen LogP contribution < -0.4 is 11.1 Å². The van der Waals surface area contributed by atoms with Gasteiger partial charge in [-0.15, -0.1) is 0 Å². The highest BCUT2D eigenvalue weighted by Crippen LogP contribution is 2.18. The Balaban J connectivity index is 2.17. The van der Waals surface area contributed by atoms with Gasteiger partial charge in [-0.05, 0) is 48.7 Å². The van der Waals surface area contributed by atoms with Gasteiger partial charge in [0.1, 0.15) is 0 Å². The molecule has 0 fully saturated rings. The fraction of sp³-hybridized carbons (Fsp3) is 0.235. The Morgan fingerprint density at radius 3 is 2.71 bits per heavy atom. The van der Waals surface area contributed by atoms with Crippen molar-refractivity contribution in [2.45, 2.75) is 13.3 Å². The van der Waals surface area contributed by atoms with E-state index in [-0.39, 0.29) is 5.91 Å². The SMILES string of the molecule is COCCc1ccccc1NC(=O)c1ccc(N)c(C)c1. The van der Waals surface area contributed by atoms with Crippen LogP contribution in [0, 0.1) is 6.92 Å². The third kappa shape index (κ3) is 3.83. The summed E-state index contributed by atoms with van der Waals surface area (Å²) < 4.78 is 5.09. The number of nitrogens with one attached hydrogen (secondary N) is 1. The van der Waals surface area contributed by atoms with Crippen molar-refractivity contribution >= 4 is 17.3 Å². The quantitative estimate of drug-likeness (QED) is 0.829. The molecule has 4 nitrogen and oxygen atoms in total. The Hall–Kier alpha value is -2.33. The number of anilines is 2. The van der Waals surface area contributed by atoms with Gasteiger partial charge in [-0.1, -0.05) is 18.2 Å². The summed E-state index contributed by atoms with van der Waals surface area (Å²) in [5.41, 5.74) is 9.83. The summed E-state index contributed by atoms with van der Waals surface area (Å²) in [6.07, 6.45) is 0.758. The molecule has 0 bridgehead atoms. The van der Waals surface area contributed by atoms with Gasteiger partial charge >= 0.3 is 0 Å². The van der Waals surface area contributed by atoms with Crippen molar-refractivity contribution in [3.05, 3.63) is 59.2 Å². The van der Waals surface area contributed by atoms with Crippen LogP contribution in [0.15, 0.2) is 42.5 Å². The standard InChI is InChI=1S/C17H20N2O2/c1-12-11-14(7-8-15(12)18)17(20)19-16-6-4-3-5-13(16)9-10-21-2/h3-8,11H,9-10,18H2,1-2H3,(H,19,20). The number of hydrogen-bond acceptors (Lipinski definition) is 3. The second kappa shape index (κ2) is 6.90. The van der Waals surface area contributed by atoms with Gasteiger partial charge in [-0.3, -0.25) is 4.79 Å². The fourth-order valence-corrected chi connectivity index (χ4v) is 2.08. The summed E-state index contributed by atoms with van der Waals surface area (Å²) in [5.74, 6) is -0.136. The monoisotopic (exact) mass is 284 g/mol. The highest BCUT2D eigenvalue weighted by Gasteiger charge is 2.09. The molecule has 0 atom stereocenters. The van der Waals surface area contributed by atoms with Crippen molar-refractivity contribution in [3.8, 4) is 0 Å². The van der Waals surface area contributed by atoms with Crippen LogP contribution in [-0.2, 0) is 11.2 Å². The smallest absolute Gasteiger partial charge is 0.255 e. The van der Waals surface area contributed by atoms with Gasteiger partial charge in [-0.2, -0.15) is 0 Å². The Labute approximate surface area is 124 Å². The number of aryl methyl sites for hydroxylation is 1. The number of para-hydroxylation sites is 1. The molecule has 0 saturated heterocycles. The molecular weight excluding hydrogens is 264 g/mol. The number of nitrogens with two attached hydrogens (primary N) is 1. The van der Waals surface area contributed by atoms with E-state index in [0.29, 0.717) is 17.9 Å². The van der Waals surface area contributed by atoms with Crippen LogP contribution in [0.25, 0.3) is 0 Å². The fourth-order valence-electron chi connectivity index (χ4n) is 2.08. The summed E-state index contributed by atoms with van der Waals surface area (Å²) >= 11 is 0. The summed E-state index contributed by atoms with van der Waals surface area (Å²) in [5, 5.41) is 2.95. The van der Waals surface area contributed by atoms with Crippen LogP contribution in [0.2, 0.25) is 0 Å². The molecule has 0 aliphatic carbocycles. The Morgan fingerprint density at radius 2 is 2.00 bits per heavy atom. The highest BCUT2D eigenvalue weighted by molar-refractivity contribution is 6.05. The minimum Gasteiger partial charge on any atom is -0.399 e. The Morgan fingerprint density at radius 1 is 1.24 bits per heavy atom. The maximum Gasteiger partial charge on any atom is 0.255 e. The molecule has 0 radical (unpaired) electrons. The van der Waals surface area contributed by atoms with Gasteiger partial charge in [0, 0.05) is 24.0 Å². The van der Waals surface area contributed by atoms with E-state index < -0.39 is 0 Å². The van der Waals surface area contributed by atoms with E-state index >= 15 is 0 Å². The van der Waals surface area contributed by atoms with Crippen LogP contribution in [0.1, 0.15) is 21.5 Å². The first-order chi connectivity index (χ1) is 10.1. The average molecular weight is 284 g/mol. The van der Waals surface area contributed by atoms with Gasteiger partial charge in [0.05, 0.1) is 6.61 Å². The van der Waals surface area contributed by atoms with E-state index in [4.69, 9.17) is 10.5 Å². The highest BCUT2D eigenvalue weighted by atomic mass is 16.5. The lowest BCUT2D eigenvalue weighted by atomic mass is 10.1. The van der Waals surface area contributed by atoms with Crippen LogP contribution in [-0.4, -0.2) is 19.6 Å². The zero-order valence-electron chi connectivity index (χ0n) is 12.3. The molecule has 3 N–H and O–H groups in total. The number of ether oxygens (including phenoxy) is 1. The molecule has 1 amide bonds. The van der Waals surface area contributed by atoms with E-state index in [2.05, 4.69) is 5.32 Å². The number of rotatable bonds is 5. The number of benzene rings is 2. The molecule has 4 heteroatoms. The minimum atomic E-state index is -0.136. The summed E-state index contributed by atoms with van der Waals surface area (Å²) in [7, 11) is 1.67. The molecule has 0 aromatic heterocycles. The third-order valence-electron chi connectivity index (χ3n) is 3.37. The lowest BCUT2D eigenvalue weighted by molar-refractivity contribution is 0.102. The number of amides is 1. The maximum absolute atomic E-state index is 12.3. The lowest BCUT2D eigenvalue weighted by Gasteiger charge is -2.11. The molecule has 0 heterocycles. The topological polar surface area (TPSA) is 64.3 Å². The minimum absolute atomic E-state index is 0.136. The molecule has 0 aliphatic rings. The predicted molar refractivity (Wildman–Crippen MR) is 85.6 cm³/mol. The maximum atomic E-state index is 12.3. The zero-order chi connectivity index (χ0) is 15.2. The average Bonchev–Trinajstić information content (AvgIpc) is 2.49. The van der Waals surface area contributed by atoms with E-state index in [1.54, 1.807) is 25.3 Å².